The molecule has 88 valence electrons. The smallest absolute Gasteiger partial charge is 0.310 e. The monoisotopic (exact) mass is 229 g/mol. The Bertz CT molecular complexity index is 485. The molecule has 0 saturated heterocycles. The summed E-state index contributed by atoms with van der Waals surface area (Å²) >= 11 is 0. The van der Waals surface area contributed by atoms with Gasteiger partial charge in [0.2, 0.25) is 0 Å². The van der Waals surface area contributed by atoms with Crippen molar-refractivity contribution in [1.29, 1.82) is 0 Å². The summed E-state index contributed by atoms with van der Waals surface area (Å²) in [5.74, 6) is -1.17. The molecule has 0 spiro atoms. The SMILES string of the molecule is CCC(C(=O)O)c1ccc(-n2cccc2)cc1. The Morgan fingerprint density at radius 2 is 1.82 bits per heavy atom. The van der Waals surface area contributed by atoms with Crippen LogP contribution in [-0.2, 0) is 4.79 Å². The van der Waals surface area contributed by atoms with Gasteiger partial charge in [-0.2, -0.15) is 0 Å². The van der Waals surface area contributed by atoms with Crippen molar-refractivity contribution in [3.63, 3.8) is 0 Å². The molecule has 2 rings (SSSR count). The molecule has 1 unspecified atom stereocenters. The highest BCUT2D eigenvalue weighted by Crippen LogP contribution is 2.21. The molecule has 0 fully saturated rings. The lowest BCUT2D eigenvalue weighted by Crippen LogP contribution is -2.10. The third kappa shape index (κ3) is 2.38. The van der Waals surface area contributed by atoms with Crippen LogP contribution in [-0.4, -0.2) is 15.6 Å². The maximum absolute atomic E-state index is 11.0. The van der Waals surface area contributed by atoms with Gasteiger partial charge in [-0.25, -0.2) is 0 Å². The molecule has 2 aromatic rings. The van der Waals surface area contributed by atoms with E-state index in [2.05, 4.69) is 0 Å². The van der Waals surface area contributed by atoms with Crippen LogP contribution in [0.4, 0.5) is 0 Å². The lowest BCUT2D eigenvalue weighted by atomic mass is 9.96. The Balaban J connectivity index is 2.26. The molecule has 1 aromatic carbocycles. The van der Waals surface area contributed by atoms with Crippen molar-refractivity contribution in [1.82, 2.24) is 4.57 Å². The Hall–Kier alpha value is -2.03. The van der Waals surface area contributed by atoms with Crippen LogP contribution in [0.3, 0.4) is 0 Å². The number of hydrogen-bond donors (Lipinski definition) is 1. The number of carbonyl (C=O) groups is 1. The van der Waals surface area contributed by atoms with Crippen LogP contribution in [0.15, 0.2) is 48.8 Å². The highest BCUT2D eigenvalue weighted by molar-refractivity contribution is 5.76. The molecule has 0 radical (unpaired) electrons. The van der Waals surface area contributed by atoms with Crippen molar-refractivity contribution in [3.05, 3.63) is 54.4 Å². The summed E-state index contributed by atoms with van der Waals surface area (Å²) in [5, 5.41) is 9.07. The van der Waals surface area contributed by atoms with Gasteiger partial charge in [0.25, 0.3) is 0 Å². The molecule has 1 aromatic heterocycles. The van der Waals surface area contributed by atoms with Crippen LogP contribution in [0.5, 0.6) is 0 Å². The van der Waals surface area contributed by atoms with Crippen molar-refractivity contribution in [3.8, 4) is 5.69 Å². The number of aliphatic carboxylic acids is 1. The van der Waals surface area contributed by atoms with Crippen LogP contribution < -0.4 is 0 Å². The molecule has 1 N–H and O–H groups in total. The molecular formula is C14H15NO2. The minimum atomic E-state index is -0.763. The summed E-state index contributed by atoms with van der Waals surface area (Å²) in [6.45, 7) is 1.89. The summed E-state index contributed by atoms with van der Waals surface area (Å²) in [6, 6.07) is 11.6. The van der Waals surface area contributed by atoms with Crippen LogP contribution in [0.25, 0.3) is 5.69 Å². The van der Waals surface area contributed by atoms with E-state index in [1.54, 1.807) is 0 Å². The van der Waals surface area contributed by atoms with Gasteiger partial charge in [-0.05, 0) is 36.2 Å². The first-order valence-electron chi connectivity index (χ1n) is 5.68. The van der Waals surface area contributed by atoms with Gasteiger partial charge in [0, 0.05) is 18.1 Å². The molecule has 0 aliphatic heterocycles. The van der Waals surface area contributed by atoms with Gasteiger partial charge in [-0.15, -0.1) is 0 Å². The van der Waals surface area contributed by atoms with Crippen molar-refractivity contribution in [2.75, 3.05) is 0 Å². The molecule has 1 atom stereocenters. The predicted molar refractivity (Wildman–Crippen MR) is 66.4 cm³/mol. The second-order valence-electron chi connectivity index (χ2n) is 3.98. The van der Waals surface area contributed by atoms with Crippen molar-refractivity contribution in [2.24, 2.45) is 0 Å². The molecule has 0 saturated carbocycles. The minimum absolute atomic E-state index is 0.409. The molecular weight excluding hydrogens is 214 g/mol. The molecule has 3 heteroatoms. The molecule has 0 aliphatic carbocycles. The van der Waals surface area contributed by atoms with E-state index in [1.165, 1.54) is 0 Å². The van der Waals surface area contributed by atoms with Crippen LogP contribution in [0.1, 0.15) is 24.8 Å². The van der Waals surface area contributed by atoms with Gasteiger partial charge >= 0.3 is 5.97 Å². The van der Waals surface area contributed by atoms with E-state index in [4.69, 9.17) is 5.11 Å². The zero-order valence-corrected chi connectivity index (χ0v) is 9.71. The van der Waals surface area contributed by atoms with Gasteiger partial charge in [0.05, 0.1) is 5.92 Å². The van der Waals surface area contributed by atoms with Crippen LogP contribution in [0.2, 0.25) is 0 Å². The molecule has 1 heterocycles. The lowest BCUT2D eigenvalue weighted by molar-refractivity contribution is -0.138. The quantitative estimate of drug-likeness (QED) is 0.875. The Kier molecular flexibility index (Phi) is 3.28. The Labute approximate surface area is 100 Å². The first-order chi connectivity index (χ1) is 8.22. The maximum Gasteiger partial charge on any atom is 0.310 e. The Morgan fingerprint density at radius 1 is 1.24 bits per heavy atom. The van der Waals surface area contributed by atoms with E-state index in [1.807, 2.05) is 60.3 Å². The number of aromatic nitrogens is 1. The maximum atomic E-state index is 11.0. The standard InChI is InChI=1S/C14H15NO2/c1-2-13(14(16)17)11-5-7-12(8-6-11)15-9-3-4-10-15/h3-10,13H,2H2,1H3,(H,16,17). The van der Waals surface area contributed by atoms with Crippen molar-refractivity contribution in [2.45, 2.75) is 19.3 Å². The van der Waals surface area contributed by atoms with Gasteiger partial charge in [0.15, 0.2) is 0 Å². The number of hydrogen-bond acceptors (Lipinski definition) is 1. The average Bonchev–Trinajstić information content (AvgIpc) is 2.84. The second-order valence-corrected chi connectivity index (χ2v) is 3.98. The van der Waals surface area contributed by atoms with E-state index in [9.17, 15) is 4.79 Å². The number of rotatable bonds is 4. The fourth-order valence-electron chi connectivity index (χ4n) is 1.94. The summed E-state index contributed by atoms with van der Waals surface area (Å²) in [5.41, 5.74) is 1.90. The van der Waals surface area contributed by atoms with Crippen molar-refractivity contribution >= 4 is 5.97 Å². The molecule has 3 nitrogen and oxygen atoms in total. The fourth-order valence-corrected chi connectivity index (χ4v) is 1.94. The first kappa shape index (κ1) is 11.5. The van der Waals surface area contributed by atoms with Crippen LogP contribution in [0, 0.1) is 0 Å². The molecule has 0 bridgehead atoms. The van der Waals surface area contributed by atoms with Gasteiger partial charge in [-0.3, -0.25) is 4.79 Å². The number of nitrogens with zero attached hydrogens (tertiary/aromatic N) is 1. The zero-order chi connectivity index (χ0) is 12.3. The van der Waals surface area contributed by atoms with Crippen molar-refractivity contribution < 1.29 is 9.90 Å². The predicted octanol–water partition coefficient (Wildman–Crippen LogP) is 3.06. The highest BCUT2D eigenvalue weighted by Gasteiger charge is 2.16. The third-order valence-corrected chi connectivity index (χ3v) is 2.90. The minimum Gasteiger partial charge on any atom is -0.481 e. The third-order valence-electron chi connectivity index (χ3n) is 2.90. The highest BCUT2D eigenvalue weighted by atomic mass is 16.4. The van der Waals surface area contributed by atoms with E-state index in [-0.39, 0.29) is 0 Å². The number of carboxylic acids is 1. The lowest BCUT2D eigenvalue weighted by Gasteiger charge is -2.11. The summed E-state index contributed by atoms with van der Waals surface area (Å²) in [4.78, 5) is 11.0. The number of carboxylic acid groups (broad SMARTS) is 1. The van der Waals surface area contributed by atoms with E-state index in [0.29, 0.717) is 6.42 Å². The van der Waals surface area contributed by atoms with Gasteiger partial charge in [0.1, 0.15) is 0 Å². The normalized spacial score (nSPS) is 12.3. The zero-order valence-electron chi connectivity index (χ0n) is 9.71. The van der Waals surface area contributed by atoms with E-state index >= 15 is 0 Å². The van der Waals surface area contributed by atoms with E-state index < -0.39 is 11.9 Å². The van der Waals surface area contributed by atoms with Crippen LogP contribution >= 0.6 is 0 Å². The van der Waals surface area contributed by atoms with Gasteiger partial charge < -0.3 is 9.67 Å². The van der Waals surface area contributed by atoms with Gasteiger partial charge in [-0.1, -0.05) is 19.1 Å². The number of benzene rings is 1. The molecule has 17 heavy (non-hydrogen) atoms. The molecule has 0 aliphatic rings. The molecule has 0 amide bonds. The topological polar surface area (TPSA) is 42.2 Å². The summed E-state index contributed by atoms with van der Waals surface area (Å²) in [6.07, 6.45) is 4.53. The Morgan fingerprint density at radius 3 is 2.29 bits per heavy atom. The largest absolute Gasteiger partial charge is 0.481 e. The fraction of sp³-hybridized carbons (Fsp3) is 0.214. The van der Waals surface area contributed by atoms with E-state index in [0.717, 1.165) is 11.3 Å². The second kappa shape index (κ2) is 4.87. The first-order valence-corrected chi connectivity index (χ1v) is 5.68. The average molecular weight is 229 g/mol. The summed E-state index contributed by atoms with van der Waals surface area (Å²) in [7, 11) is 0. The summed E-state index contributed by atoms with van der Waals surface area (Å²) < 4.78 is 1.99.